The number of hydrogen-bond acceptors (Lipinski definition) is 6. The molecule has 2 aromatic carbocycles. The number of nitrogens with zero attached hydrogens (tertiary/aromatic N) is 4. The number of aryl methyl sites for hydroxylation is 2. The molecular weight excluding hydrogens is 516 g/mol. The molecule has 3 rings (SSSR count). The minimum absolute atomic E-state index is 0.0769. The van der Waals surface area contributed by atoms with Gasteiger partial charge in [-0.15, -0.1) is 21.7 Å². The van der Waals surface area contributed by atoms with Gasteiger partial charge in [0, 0.05) is 42.1 Å². The van der Waals surface area contributed by atoms with Crippen LogP contribution < -0.4 is 9.47 Å². The topological polar surface area (TPSA) is 102 Å². The highest BCUT2D eigenvalue weighted by Crippen LogP contribution is 2.29. The van der Waals surface area contributed by atoms with Crippen molar-refractivity contribution in [2.45, 2.75) is 28.5 Å². The number of hydrogen-bond donors (Lipinski definition) is 1. The zero-order valence-corrected chi connectivity index (χ0v) is 22.1. The predicted octanol–water partition coefficient (Wildman–Crippen LogP) is 3.95. The summed E-state index contributed by atoms with van der Waals surface area (Å²) in [6.07, 6.45) is 2.96. The highest BCUT2D eigenvalue weighted by molar-refractivity contribution is 7.95. The summed E-state index contributed by atoms with van der Waals surface area (Å²) >= 11 is 10.3. The lowest BCUT2D eigenvalue weighted by Gasteiger charge is -2.15. The van der Waals surface area contributed by atoms with Gasteiger partial charge in [-0.05, 0) is 55.8 Å². The highest BCUT2D eigenvalue weighted by atomic mass is 35.5. The maximum atomic E-state index is 13.2. The molecule has 180 valence electrons. The molecule has 3 aromatic rings. The van der Waals surface area contributed by atoms with E-state index in [1.165, 1.54) is 41.2 Å². The maximum absolute atomic E-state index is 13.2. The number of pyridine rings is 1. The summed E-state index contributed by atoms with van der Waals surface area (Å²) < 4.78 is 61.1. The summed E-state index contributed by atoms with van der Waals surface area (Å²) in [5.74, 6) is -0.550. The third kappa shape index (κ3) is 5.90. The fourth-order valence-electron chi connectivity index (χ4n) is 2.84. The summed E-state index contributed by atoms with van der Waals surface area (Å²) in [4.78, 5) is 1.60. The van der Waals surface area contributed by atoms with Crippen LogP contribution in [0.4, 0.5) is 5.69 Å². The van der Waals surface area contributed by atoms with Crippen LogP contribution in [-0.2, 0) is 20.0 Å². The summed E-state index contributed by atoms with van der Waals surface area (Å²) in [6, 6.07) is 12.1. The Hall–Kier alpha value is -2.60. The van der Waals surface area contributed by atoms with Crippen molar-refractivity contribution in [3.8, 4) is 0 Å². The standard InChI is InChI=1S/C22H23ClN4O4S3/c1-15-5-7-18(8-6-15)33(28,29)24-22(27-11-9-17(10-12-27)26(3)4)25-34(30,31)21-13-16(2)19(23)14-20(21)32/h5-14H,1-4H3,(H-,24,25,32). The Balaban J connectivity index is 2.15. The second-order valence-electron chi connectivity index (χ2n) is 7.67. The van der Waals surface area contributed by atoms with Crippen LogP contribution in [0.2, 0.25) is 5.02 Å². The number of anilines is 1. The molecule has 0 fully saturated rings. The molecule has 0 bridgehead atoms. The molecule has 0 spiro atoms. The van der Waals surface area contributed by atoms with Crippen LogP contribution in [-0.4, -0.2) is 36.9 Å². The van der Waals surface area contributed by atoms with Gasteiger partial charge in [0.1, 0.15) is 4.90 Å². The zero-order valence-electron chi connectivity index (χ0n) is 18.8. The Labute approximate surface area is 210 Å². The lowest BCUT2D eigenvalue weighted by Crippen LogP contribution is -2.43. The number of aromatic nitrogens is 1. The van der Waals surface area contributed by atoms with Gasteiger partial charge in [-0.2, -0.15) is 16.8 Å². The maximum Gasteiger partial charge on any atom is 0.286 e. The van der Waals surface area contributed by atoms with Crippen LogP contribution in [0.5, 0.6) is 0 Å². The van der Waals surface area contributed by atoms with E-state index in [1.54, 1.807) is 31.2 Å². The molecule has 8 nitrogen and oxygen atoms in total. The first-order chi connectivity index (χ1) is 15.8. The van der Waals surface area contributed by atoms with Crippen molar-refractivity contribution in [1.29, 1.82) is 0 Å². The van der Waals surface area contributed by atoms with Crippen molar-refractivity contribution in [2.75, 3.05) is 19.0 Å². The first-order valence-corrected chi connectivity index (χ1v) is 13.6. The van der Waals surface area contributed by atoms with E-state index in [0.717, 1.165) is 11.3 Å². The number of thiol groups is 1. The van der Waals surface area contributed by atoms with Gasteiger partial charge in [-0.1, -0.05) is 29.3 Å². The van der Waals surface area contributed by atoms with E-state index in [1.807, 2.05) is 25.9 Å². The molecule has 0 saturated carbocycles. The van der Waals surface area contributed by atoms with Gasteiger partial charge >= 0.3 is 0 Å². The molecule has 0 N–H and O–H groups in total. The Morgan fingerprint density at radius 1 is 1.00 bits per heavy atom. The smallest absolute Gasteiger partial charge is 0.286 e. The van der Waals surface area contributed by atoms with Crippen LogP contribution in [0.15, 0.2) is 80.0 Å². The zero-order chi connectivity index (χ0) is 25.3. The molecule has 34 heavy (non-hydrogen) atoms. The third-order valence-electron chi connectivity index (χ3n) is 4.80. The lowest BCUT2D eigenvalue weighted by molar-refractivity contribution is -0.553. The fourth-order valence-corrected chi connectivity index (χ4v) is 5.70. The van der Waals surface area contributed by atoms with Gasteiger partial charge < -0.3 is 4.90 Å². The molecule has 0 aliphatic heterocycles. The third-order valence-corrected chi connectivity index (χ3v) is 8.30. The Bertz CT molecular complexity index is 1450. The molecule has 1 heterocycles. The summed E-state index contributed by atoms with van der Waals surface area (Å²) in [7, 11) is -5.00. The molecule has 1 aromatic heterocycles. The van der Waals surface area contributed by atoms with Gasteiger partial charge in [-0.3, -0.25) is 4.57 Å². The van der Waals surface area contributed by atoms with E-state index in [9.17, 15) is 16.8 Å². The van der Waals surface area contributed by atoms with Crippen molar-refractivity contribution < 1.29 is 21.4 Å². The van der Waals surface area contributed by atoms with Crippen molar-refractivity contribution >= 4 is 55.9 Å². The minimum atomic E-state index is -4.40. The number of halogens is 1. The quantitative estimate of drug-likeness (QED) is 0.229. The van der Waals surface area contributed by atoms with Crippen molar-refractivity contribution in [1.82, 2.24) is 0 Å². The van der Waals surface area contributed by atoms with E-state index in [0.29, 0.717) is 10.6 Å². The Morgan fingerprint density at radius 2 is 1.59 bits per heavy atom. The normalized spacial score (nSPS) is 12.5. The summed E-state index contributed by atoms with van der Waals surface area (Å²) in [5.41, 5.74) is 2.18. The van der Waals surface area contributed by atoms with E-state index >= 15 is 0 Å². The predicted molar refractivity (Wildman–Crippen MR) is 136 cm³/mol. The van der Waals surface area contributed by atoms with Crippen molar-refractivity contribution in [3.05, 3.63) is 81.8 Å². The first-order valence-electron chi connectivity index (χ1n) is 9.88. The lowest BCUT2D eigenvalue weighted by atomic mass is 10.2. The number of benzene rings is 2. The van der Waals surface area contributed by atoms with Gasteiger partial charge in [0.05, 0.1) is 4.90 Å². The highest BCUT2D eigenvalue weighted by Gasteiger charge is 2.25. The summed E-state index contributed by atoms with van der Waals surface area (Å²) in [6.45, 7) is 3.46. The average molecular weight is 539 g/mol. The Morgan fingerprint density at radius 3 is 2.15 bits per heavy atom. The van der Waals surface area contributed by atoms with E-state index in [-0.39, 0.29) is 14.7 Å². The molecule has 0 saturated heterocycles. The molecule has 0 amide bonds. The van der Waals surface area contributed by atoms with E-state index < -0.39 is 26.0 Å². The first kappa shape index (κ1) is 26.0. The van der Waals surface area contributed by atoms with Crippen LogP contribution in [0.3, 0.4) is 0 Å². The van der Waals surface area contributed by atoms with Gasteiger partial charge in [0.25, 0.3) is 26.0 Å². The van der Waals surface area contributed by atoms with Crippen LogP contribution >= 0.6 is 24.2 Å². The minimum Gasteiger partial charge on any atom is -0.378 e. The van der Waals surface area contributed by atoms with Crippen molar-refractivity contribution in [2.24, 2.45) is 4.40 Å². The van der Waals surface area contributed by atoms with Gasteiger partial charge in [0.2, 0.25) is 0 Å². The monoisotopic (exact) mass is 538 g/mol. The molecule has 0 aliphatic rings. The number of sulfonamides is 2. The van der Waals surface area contributed by atoms with Gasteiger partial charge in [0.15, 0.2) is 0 Å². The SMILES string of the molecule is Cc1ccc(S(=O)(=O)[N-]/C(=N\S(=O)(=O)c2cc(C)c(Cl)cc2S)[n+]2ccc(N(C)C)cc2)cc1. The van der Waals surface area contributed by atoms with Crippen molar-refractivity contribution in [3.63, 3.8) is 0 Å². The largest absolute Gasteiger partial charge is 0.378 e. The second-order valence-corrected chi connectivity index (χ2v) is 11.7. The Kier molecular flexibility index (Phi) is 7.61. The molecule has 0 aliphatic carbocycles. The van der Waals surface area contributed by atoms with Crippen LogP contribution in [0.1, 0.15) is 11.1 Å². The molecular formula is C22H23ClN4O4S3. The molecule has 12 heteroatoms. The fraction of sp³-hybridized carbons (Fsp3) is 0.182. The van der Waals surface area contributed by atoms with Crippen LogP contribution in [0.25, 0.3) is 4.72 Å². The molecule has 0 unspecified atom stereocenters. The second kappa shape index (κ2) is 9.95. The van der Waals surface area contributed by atoms with Crippen LogP contribution in [0, 0.1) is 13.8 Å². The summed E-state index contributed by atoms with van der Waals surface area (Å²) in [5, 5.41) is 0.341. The average Bonchev–Trinajstić information content (AvgIpc) is 2.75. The number of rotatable bonds is 5. The van der Waals surface area contributed by atoms with E-state index in [4.69, 9.17) is 11.6 Å². The molecule has 0 atom stereocenters. The molecule has 0 radical (unpaired) electrons. The van der Waals surface area contributed by atoms with E-state index in [2.05, 4.69) is 21.7 Å². The van der Waals surface area contributed by atoms with Gasteiger partial charge in [-0.25, -0.2) is 0 Å².